The lowest BCUT2D eigenvalue weighted by Crippen LogP contribution is -2.32. The molecule has 5 rings (SSSR count). The van der Waals surface area contributed by atoms with Crippen molar-refractivity contribution in [2.24, 2.45) is 0 Å². The van der Waals surface area contributed by atoms with Gasteiger partial charge < -0.3 is 0 Å². The molecule has 0 N–H and O–H groups in total. The van der Waals surface area contributed by atoms with Gasteiger partial charge >= 0.3 is 0 Å². The van der Waals surface area contributed by atoms with E-state index in [0.717, 1.165) is 10.9 Å². The van der Waals surface area contributed by atoms with Gasteiger partial charge in [-0.15, -0.1) is 0 Å². The summed E-state index contributed by atoms with van der Waals surface area (Å²) in [5.41, 5.74) is 0.976. The van der Waals surface area contributed by atoms with Gasteiger partial charge in [0.1, 0.15) is 29.3 Å². The number of hydrogen-bond donors (Lipinski definition) is 0. The van der Waals surface area contributed by atoms with Crippen LogP contribution in [0.15, 0.2) is 127 Å². The van der Waals surface area contributed by atoms with Gasteiger partial charge in [0.05, 0.1) is 15.9 Å². The topological polar surface area (TPSA) is 43.1 Å². The van der Waals surface area contributed by atoms with Gasteiger partial charge in [-0.3, -0.25) is 10.1 Å². The maximum absolute atomic E-state index is 12.3. The number of hydrogen-bond acceptors (Lipinski definition) is 2. The van der Waals surface area contributed by atoms with Crippen LogP contribution in [0.1, 0.15) is 5.56 Å². The fourth-order valence-corrected chi connectivity index (χ4v) is 8.92. The van der Waals surface area contributed by atoms with E-state index < -0.39 is 7.26 Å². The summed E-state index contributed by atoms with van der Waals surface area (Å²) in [5, 5.41) is 17.6. The second kappa shape index (κ2) is 8.97. The van der Waals surface area contributed by atoms with Gasteiger partial charge in [0.2, 0.25) is 0 Å². The third kappa shape index (κ3) is 3.82. The van der Waals surface area contributed by atoms with Gasteiger partial charge in [-0.05, 0) is 53.9 Å². The van der Waals surface area contributed by atoms with Crippen LogP contribution in [0.3, 0.4) is 0 Å². The van der Waals surface area contributed by atoms with E-state index in [1.807, 2.05) is 54.6 Å². The molecule has 0 spiro atoms. The first-order valence-electron chi connectivity index (χ1n) is 10.9. The quantitative estimate of drug-likeness (QED) is 0.175. The van der Waals surface area contributed by atoms with E-state index in [1.165, 1.54) is 15.9 Å². The van der Waals surface area contributed by atoms with Gasteiger partial charge in [0.15, 0.2) is 0 Å². The summed E-state index contributed by atoms with van der Waals surface area (Å²) in [7, 11) is -2.22. The SMILES string of the molecule is O=[N+]([O-])c1c(C[P+](c2ccccc2)(c2ccccc2)c2ccccc2)ccc2ccccc12. The molecule has 0 radical (unpaired) electrons. The zero-order chi connectivity index (χ0) is 22.7. The zero-order valence-electron chi connectivity index (χ0n) is 18.0. The summed E-state index contributed by atoms with van der Waals surface area (Å²) >= 11 is 0. The van der Waals surface area contributed by atoms with Crippen molar-refractivity contribution in [2.75, 3.05) is 0 Å². The standard InChI is InChI=1S/C29H23NO2P/c31-30(32)29-24(21-20-23-12-10-11-19-28(23)29)22-33(25-13-4-1-5-14-25,26-15-6-2-7-16-26)27-17-8-3-9-18-27/h1-21H,22H2/q+1. The molecule has 0 saturated carbocycles. The summed E-state index contributed by atoms with van der Waals surface area (Å²) < 4.78 is 0. The van der Waals surface area contributed by atoms with Crippen LogP contribution in [0.5, 0.6) is 0 Å². The third-order valence-electron chi connectivity index (χ3n) is 6.17. The number of rotatable bonds is 6. The van der Waals surface area contributed by atoms with Crippen LogP contribution >= 0.6 is 7.26 Å². The maximum atomic E-state index is 12.3. The van der Waals surface area contributed by atoms with E-state index in [-0.39, 0.29) is 10.6 Å². The van der Waals surface area contributed by atoms with Gasteiger partial charge in [0, 0.05) is 0 Å². The largest absolute Gasteiger partial charge is 0.284 e. The lowest BCUT2D eigenvalue weighted by atomic mass is 10.1. The van der Waals surface area contributed by atoms with Gasteiger partial charge in [-0.1, -0.05) is 78.9 Å². The molecule has 5 aromatic carbocycles. The van der Waals surface area contributed by atoms with Crippen LogP contribution in [0.2, 0.25) is 0 Å². The Morgan fingerprint density at radius 2 is 1.03 bits per heavy atom. The van der Waals surface area contributed by atoms with Crippen molar-refractivity contribution in [1.29, 1.82) is 0 Å². The van der Waals surface area contributed by atoms with Crippen LogP contribution in [0.25, 0.3) is 10.8 Å². The van der Waals surface area contributed by atoms with Crippen LogP contribution in [-0.4, -0.2) is 4.92 Å². The van der Waals surface area contributed by atoms with E-state index in [9.17, 15) is 10.1 Å². The van der Waals surface area contributed by atoms with Crippen molar-refractivity contribution in [2.45, 2.75) is 6.16 Å². The molecule has 0 unspecified atom stereocenters. The smallest absolute Gasteiger partial charge is 0.258 e. The first-order chi connectivity index (χ1) is 16.2. The minimum absolute atomic E-state index is 0.209. The minimum Gasteiger partial charge on any atom is -0.258 e. The summed E-state index contributed by atoms with van der Waals surface area (Å²) in [4.78, 5) is 12.1. The highest BCUT2D eigenvalue weighted by atomic mass is 31.2. The van der Waals surface area contributed by atoms with Crippen LogP contribution < -0.4 is 15.9 Å². The van der Waals surface area contributed by atoms with Crippen molar-refractivity contribution in [1.82, 2.24) is 0 Å². The van der Waals surface area contributed by atoms with Crippen molar-refractivity contribution in [3.05, 3.63) is 143 Å². The van der Waals surface area contributed by atoms with Gasteiger partial charge in [-0.2, -0.15) is 0 Å². The highest BCUT2D eigenvalue weighted by Crippen LogP contribution is 2.59. The van der Waals surface area contributed by atoms with Crippen molar-refractivity contribution < 1.29 is 4.92 Å². The Labute approximate surface area is 193 Å². The molecule has 4 heteroatoms. The number of benzene rings is 5. The normalized spacial score (nSPS) is 11.4. The Kier molecular flexibility index (Phi) is 5.73. The molecule has 0 saturated heterocycles. The minimum atomic E-state index is -2.22. The number of nitrogens with zero attached hydrogens (tertiary/aromatic N) is 1. The lowest BCUT2D eigenvalue weighted by Gasteiger charge is -2.27. The molecule has 0 fully saturated rings. The summed E-state index contributed by atoms with van der Waals surface area (Å²) in [6.45, 7) is 0. The first-order valence-corrected chi connectivity index (χ1v) is 12.9. The van der Waals surface area contributed by atoms with E-state index >= 15 is 0 Å². The molecule has 0 aliphatic heterocycles. The van der Waals surface area contributed by atoms with Crippen LogP contribution in [0.4, 0.5) is 5.69 Å². The molecule has 0 atom stereocenters. The molecular weight excluding hydrogens is 425 g/mol. The molecule has 3 nitrogen and oxygen atoms in total. The Bertz CT molecular complexity index is 1310. The Balaban J connectivity index is 1.83. The third-order valence-corrected chi connectivity index (χ3v) is 10.5. The fraction of sp³-hybridized carbons (Fsp3) is 0.0345. The van der Waals surface area contributed by atoms with E-state index in [4.69, 9.17) is 0 Å². The number of nitro benzene ring substituents is 1. The molecule has 0 bridgehead atoms. The summed E-state index contributed by atoms with van der Waals surface area (Å²) in [6.07, 6.45) is 0.576. The monoisotopic (exact) mass is 448 g/mol. The molecule has 0 aliphatic rings. The molecule has 0 aromatic heterocycles. The lowest BCUT2D eigenvalue weighted by molar-refractivity contribution is -0.383. The van der Waals surface area contributed by atoms with E-state index in [0.29, 0.717) is 11.5 Å². The van der Waals surface area contributed by atoms with Crippen molar-refractivity contribution >= 4 is 39.6 Å². The summed E-state index contributed by atoms with van der Waals surface area (Å²) in [6, 6.07) is 43.0. The van der Waals surface area contributed by atoms with Gasteiger partial charge in [-0.25, -0.2) is 0 Å². The van der Waals surface area contributed by atoms with Gasteiger partial charge in [0.25, 0.3) is 5.69 Å². The van der Waals surface area contributed by atoms with E-state index in [2.05, 4.69) is 72.8 Å². The van der Waals surface area contributed by atoms with Crippen LogP contribution in [-0.2, 0) is 6.16 Å². The maximum Gasteiger partial charge on any atom is 0.284 e. The summed E-state index contributed by atoms with van der Waals surface area (Å²) in [5.74, 6) is 0. The zero-order valence-corrected chi connectivity index (χ0v) is 18.9. The molecule has 160 valence electrons. The first kappa shape index (κ1) is 21.1. The average molecular weight is 448 g/mol. The molecule has 0 amide bonds. The highest BCUT2D eigenvalue weighted by molar-refractivity contribution is 7.95. The second-order valence-electron chi connectivity index (χ2n) is 8.03. The Morgan fingerprint density at radius 1 is 0.576 bits per heavy atom. The Morgan fingerprint density at radius 3 is 1.52 bits per heavy atom. The van der Waals surface area contributed by atoms with Crippen molar-refractivity contribution in [3.8, 4) is 0 Å². The van der Waals surface area contributed by atoms with E-state index in [1.54, 1.807) is 0 Å². The molecular formula is C29H23NO2P+. The number of fused-ring (bicyclic) bond motifs is 1. The highest BCUT2D eigenvalue weighted by Gasteiger charge is 2.46. The Hall–Kier alpha value is -3.81. The molecule has 0 heterocycles. The molecule has 5 aromatic rings. The van der Waals surface area contributed by atoms with Crippen LogP contribution in [0, 0.1) is 10.1 Å². The molecule has 33 heavy (non-hydrogen) atoms. The van der Waals surface area contributed by atoms with Crippen molar-refractivity contribution in [3.63, 3.8) is 0 Å². The predicted molar refractivity (Wildman–Crippen MR) is 139 cm³/mol. The second-order valence-corrected chi connectivity index (χ2v) is 11.5. The fourth-order valence-electron chi connectivity index (χ4n) is 4.67. The average Bonchev–Trinajstić information content (AvgIpc) is 2.88. The predicted octanol–water partition coefficient (Wildman–Crippen LogP) is 6.24. The molecule has 0 aliphatic carbocycles. The number of nitro groups is 1.